The molecule has 2 N–H and O–H groups in total. The summed E-state index contributed by atoms with van der Waals surface area (Å²) in [5.41, 5.74) is 4.16. The Morgan fingerprint density at radius 3 is 3.04 bits per heavy atom. The number of carbonyl (C=O) groups is 1. The van der Waals surface area contributed by atoms with Crippen molar-refractivity contribution in [3.05, 3.63) is 29.3 Å². The van der Waals surface area contributed by atoms with Gasteiger partial charge in [0.2, 0.25) is 12.4 Å². The largest absolute Gasteiger partial charge is 0.365 e. The van der Waals surface area contributed by atoms with Crippen molar-refractivity contribution in [1.29, 1.82) is 0 Å². The van der Waals surface area contributed by atoms with Crippen LogP contribution in [0.15, 0.2) is 12.1 Å². The third-order valence-corrected chi connectivity index (χ3v) is 5.45. The molecule has 2 aromatic heterocycles. The van der Waals surface area contributed by atoms with Crippen molar-refractivity contribution < 1.29 is 9.18 Å². The van der Waals surface area contributed by atoms with Crippen molar-refractivity contribution >= 4 is 12.2 Å². The van der Waals surface area contributed by atoms with E-state index in [-0.39, 0.29) is 11.5 Å². The van der Waals surface area contributed by atoms with Crippen LogP contribution in [0.5, 0.6) is 0 Å². The Morgan fingerprint density at radius 2 is 2.27 bits per heavy atom. The van der Waals surface area contributed by atoms with E-state index >= 15 is 0 Å². The van der Waals surface area contributed by atoms with Crippen LogP contribution < -0.4 is 5.32 Å². The van der Waals surface area contributed by atoms with Crippen LogP contribution in [-0.4, -0.2) is 45.6 Å². The van der Waals surface area contributed by atoms with Gasteiger partial charge in [-0.05, 0) is 37.2 Å². The fourth-order valence-corrected chi connectivity index (χ4v) is 4.00. The molecule has 0 unspecified atom stereocenters. The molecule has 1 saturated heterocycles. The van der Waals surface area contributed by atoms with Gasteiger partial charge in [-0.25, -0.2) is 4.98 Å². The number of H-pyrrole nitrogens is 1. The zero-order valence-corrected chi connectivity index (χ0v) is 15.2. The second-order valence-electron chi connectivity index (χ2n) is 8.16. The van der Waals surface area contributed by atoms with E-state index < -0.39 is 5.95 Å². The number of pyridine rings is 1. The molecule has 6 nitrogen and oxygen atoms in total. The number of anilines is 1. The normalized spacial score (nSPS) is 21.5. The lowest BCUT2D eigenvalue weighted by molar-refractivity contribution is -0.117. The quantitative estimate of drug-likeness (QED) is 0.652. The van der Waals surface area contributed by atoms with Crippen molar-refractivity contribution in [2.75, 3.05) is 18.4 Å². The van der Waals surface area contributed by atoms with E-state index in [4.69, 9.17) is 0 Å². The molecule has 3 heterocycles. The van der Waals surface area contributed by atoms with Crippen LogP contribution in [-0.2, 0) is 17.6 Å². The average Bonchev–Trinajstić information content (AvgIpc) is 3.19. The minimum atomic E-state index is -0.525. The van der Waals surface area contributed by atoms with Gasteiger partial charge in [-0.2, -0.15) is 9.49 Å². The number of aromatic amines is 1. The van der Waals surface area contributed by atoms with E-state index in [1.807, 2.05) is 6.07 Å². The number of amides is 1. The molecule has 7 heteroatoms. The van der Waals surface area contributed by atoms with Crippen molar-refractivity contribution in [2.45, 2.75) is 45.6 Å². The summed E-state index contributed by atoms with van der Waals surface area (Å²) in [6, 6.07) is 3.38. The highest BCUT2D eigenvalue weighted by Gasteiger charge is 2.29. The minimum absolute atomic E-state index is 0.0937. The number of halogens is 1. The second kappa shape index (κ2) is 6.37. The Balaban J connectivity index is 1.59. The van der Waals surface area contributed by atoms with Crippen LogP contribution in [0.2, 0.25) is 0 Å². The second-order valence-corrected chi connectivity index (χ2v) is 8.16. The molecule has 0 aromatic carbocycles. The number of nitrogens with one attached hydrogen (secondary N) is 2. The van der Waals surface area contributed by atoms with Gasteiger partial charge in [0.1, 0.15) is 5.82 Å². The van der Waals surface area contributed by atoms with E-state index in [0.29, 0.717) is 18.9 Å². The highest BCUT2D eigenvalue weighted by atomic mass is 19.1. The zero-order valence-electron chi connectivity index (χ0n) is 15.2. The maximum Gasteiger partial charge on any atom is 0.215 e. The molecule has 0 bridgehead atoms. The SMILES string of the molecule is CC1(C)CCc2c(-c3cc(F)nc(N[C@@H]4CCN(C=O)C4)c3)n[nH]c2C1. The molecule has 1 amide bonds. The minimum Gasteiger partial charge on any atom is -0.365 e. The predicted molar refractivity (Wildman–Crippen MR) is 97.2 cm³/mol. The highest BCUT2D eigenvalue weighted by molar-refractivity contribution is 5.67. The van der Waals surface area contributed by atoms with Gasteiger partial charge in [0, 0.05) is 42.0 Å². The third-order valence-electron chi connectivity index (χ3n) is 5.45. The first-order valence-electron chi connectivity index (χ1n) is 9.13. The number of hydrogen-bond acceptors (Lipinski definition) is 4. The summed E-state index contributed by atoms with van der Waals surface area (Å²) >= 11 is 0. The Morgan fingerprint density at radius 1 is 1.42 bits per heavy atom. The summed E-state index contributed by atoms with van der Waals surface area (Å²) in [4.78, 5) is 16.5. The number of aromatic nitrogens is 3. The van der Waals surface area contributed by atoms with Crippen molar-refractivity contribution in [3.63, 3.8) is 0 Å². The Bertz CT molecular complexity index is 831. The molecule has 138 valence electrons. The van der Waals surface area contributed by atoms with Crippen molar-refractivity contribution in [3.8, 4) is 11.3 Å². The molecule has 1 fully saturated rings. The summed E-state index contributed by atoms with van der Waals surface area (Å²) in [6.07, 6.45) is 4.67. The van der Waals surface area contributed by atoms with Crippen LogP contribution in [0, 0.1) is 11.4 Å². The molecule has 1 aliphatic carbocycles. The maximum atomic E-state index is 14.1. The van der Waals surface area contributed by atoms with E-state index in [0.717, 1.165) is 49.0 Å². The molecule has 0 saturated carbocycles. The van der Waals surface area contributed by atoms with Gasteiger partial charge in [0.25, 0.3) is 0 Å². The number of rotatable bonds is 4. The first-order chi connectivity index (χ1) is 12.4. The standard InChI is InChI=1S/C19H24FN5O/c1-19(2)5-3-14-15(9-19)23-24-18(14)12-7-16(20)22-17(8-12)21-13-4-6-25(10-13)11-26/h7-8,11,13H,3-6,9-10H2,1-2H3,(H,21,22)(H,23,24)/t13-/m1/s1. The molecule has 26 heavy (non-hydrogen) atoms. The summed E-state index contributed by atoms with van der Waals surface area (Å²) in [6.45, 7) is 5.85. The molecule has 1 atom stereocenters. The van der Waals surface area contributed by atoms with E-state index in [2.05, 4.69) is 34.3 Å². The molecule has 2 aromatic rings. The molecular formula is C19H24FN5O. The van der Waals surface area contributed by atoms with Crippen molar-refractivity contribution in [1.82, 2.24) is 20.1 Å². The molecule has 1 aliphatic heterocycles. The summed E-state index contributed by atoms with van der Waals surface area (Å²) in [7, 11) is 0. The molecular weight excluding hydrogens is 333 g/mol. The Labute approximate surface area is 152 Å². The van der Waals surface area contributed by atoms with Gasteiger partial charge < -0.3 is 10.2 Å². The number of fused-ring (bicyclic) bond motifs is 1. The van der Waals surface area contributed by atoms with Gasteiger partial charge in [0.15, 0.2) is 0 Å². The van der Waals surface area contributed by atoms with Crippen LogP contribution in [0.1, 0.15) is 37.9 Å². The number of nitrogens with zero attached hydrogens (tertiary/aromatic N) is 3. The monoisotopic (exact) mass is 357 g/mol. The lowest BCUT2D eigenvalue weighted by atomic mass is 9.76. The molecule has 0 spiro atoms. The number of carbonyl (C=O) groups excluding carboxylic acids is 1. The first-order valence-corrected chi connectivity index (χ1v) is 9.13. The Hall–Kier alpha value is -2.44. The molecule has 2 aliphatic rings. The third kappa shape index (κ3) is 3.30. The number of likely N-dealkylation sites (tertiary alicyclic amines) is 1. The summed E-state index contributed by atoms with van der Waals surface area (Å²) < 4.78 is 14.1. The maximum absolute atomic E-state index is 14.1. The summed E-state index contributed by atoms with van der Waals surface area (Å²) in [5.74, 6) is -0.0335. The topological polar surface area (TPSA) is 73.9 Å². The fraction of sp³-hybridized carbons (Fsp3) is 0.526. The predicted octanol–water partition coefficient (Wildman–Crippen LogP) is 2.77. The van der Waals surface area contributed by atoms with Gasteiger partial charge in [-0.1, -0.05) is 13.8 Å². The highest BCUT2D eigenvalue weighted by Crippen LogP contribution is 2.38. The average molecular weight is 357 g/mol. The molecule has 4 rings (SSSR count). The van der Waals surface area contributed by atoms with E-state index in [9.17, 15) is 9.18 Å². The van der Waals surface area contributed by atoms with Crippen LogP contribution in [0.4, 0.5) is 10.2 Å². The fourth-order valence-electron chi connectivity index (χ4n) is 4.00. The van der Waals surface area contributed by atoms with Crippen LogP contribution >= 0.6 is 0 Å². The lowest BCUT2D eigenvalue weighted by Gasteiger charge is -2.29. The van der Waals surface area contributed by atoms with E-state index in [1.165, 1.54) is 11.6 Å². The van der Waals surface area contributed by atoms with Gasteiger partial charge in [0.05, 0.1) is 5.69 Å². The van der Waals surface area contributed by atoms with Gasteiger partial charge in [-0.15, -0.1) is 0 Å². The summed E-state index contributed by atoms with van der Waals surface area (Å²) in [5, 5.41) is 10.9. The molecule has 0 radical (unpaired) electrons. The lowest BCUT2D eigenvalue weighted by Crippen LogP contribution is -2.25. The van der Waals surface area contributed by atoms with Crippen LogP contribution in [0.25, 0.3) is 11.3 Å². The first kappa shape index (κ1) is 17.0. The van der Waals surface area contributed by atoms with Gasteiger partial charge >= 0.3 is 0 Å². The Kier molecular flexibility index (Phi) is 4.17. The van der Waals surface area contributed by atoms with Gasteiger partial charge in [-0.3, -0.25) is 9.89 Å². The van der Waals surface area contributed by atoms with E-state index in [1.54, 1.807) is 4.90 Å². The smallest absolute Gasteiger partial charge is 0.215 e. The van der Waals surface area contributed by atoms with Crippen LogP contribution in [0.3, 0.4) is 0 Å². The van der Waals surface area contributed by atoms with Crippen molar-refractivity contribution in [2.24, 2.45) is 5.41 Å². The zero-order chi connectivity index (χ0) is 18.3. The number of hydrogen-bond donors (Lipinski definition) is 2.